The molecule has 0 unspecified atom stereocenters. The maximum absolute atomic E-state index is 11.9. The predicted molar refractivity (Wildman–Crippen MR) is 99.0 cm³/mol. The van der Waals surface area contributed by atoms with E-state index in [2.05, 4.69) is 36.6 Å². The van der Waals surface area contributed by atoms with E-state index < -0.39 is 0 Å². The molecule has 2 amide bonds. The highest BCUT2D eigenvalue weighted by Crippen LogP contribution is 2.25. The molecule has 2 rings (SSSR count). The molecule has 24 heavy (non-hydrogen) atoms. The highest BCUT2D eigenvalue weighted by molar-refractivity contribution is 5.89. The fraction of sp³-hybridized carbons (Fsp3) is 0.350. The van der Waals surface area contributed by atoms with E-state index >= 15 is 0 Å². The largest absolute Gasteiger partial charge is 0.491 e. The van der Waals surface area contributed by atoms with Gasteiger partial charge in [0.05, 0.1) is 6.54 Å². The number of urea groups is 1. The van der Waals surface area contributed by atoms with Crippen molar-refractivity contribution in [3.05, 3.63) is 59.2 Å². The molecule has 0 aliphatic carbocycles. The zero-order valence-electron chi connectivity index (χ0n) is 14.8. The summed E-state index contributed by atoms with van der Waals surface area (Å²) in [5, 5.41) is 5.66. The topological polar surface area (TPSA) is 50.4 Å². The first-order chi connectivity index (χ1) is 11.5. The summed E-state index contributed by atoms with van der Waals surface area (Å²) in [4.78, 5) is 11.9. The Morgan fingerprint density at radius 1 is 1.08 bits per heavy atom. The first-order valence-electron chi connectivity index (χ1n) is 8.30. The molecule has 0 fully saturated rings. The highest BCUT2D eigenvalue weighted by atomic mass is 16.5. The van der Waals surface area contributed by atoms with Gasteiger partial charge in [-0.2, -0.15) is 0 Å². The lowest BCUT2D eigenvalue weighted by Gasteiger charge is -2.14. The molecular formula is C20H26N2O2. The van der Waals surface area contributed by atoms with Crippen molar-refractivity contribution in [2.75, 3.05) is 18.5 Å². The van der Waals surface area contributed by atoms with Crippen LogP contribution in [0.5, 0.6) is 5.75 Å². The molecule has 2 N–H and O–H groups in total. The Balaban J connectivity index is 1.79. The number of aryl methyl sites for hydroxylation is 2. The summed E-state index contributed by atoms with van der Waals surface area (Å²) in [7, 11) is 0. The molecule has 0 radical (unpaired) electrons. The molecule has 0 heterocycles. The Morgan fingerprint density at radius 3 is 2.42 bits per heavy atom. The summed E-state index contributed by atoms with van der Waals surface area (Å²) < 4.78 is 5.79. The van der Waals surface area contributed by atoms with Crippen molar-refractivity contribution in [3.8, 4) is 5.75 Å². The number of benzene rings is 2. The summed E-state index contributed by atoms with van der Waals surface area (Å²) in [5.41, 5.74) is 4.23. The van der Waals surface area contributed by atoms with E-state index in [-0.39, 0.29) is 6.03 Å². The summed E-state index contributed by atoms with van der Waals surface area (Å²) in [6.45, 7) is 9.18. The number of rotatable bonds is 6. The highest BCUT2D eigenvalue weighted by Gasteiger charge is 2.07. The molecule has 0 saturated heterocycles. The maximum Gasteiger partial charge on any atom is 0.319 e. The summed E-state index contributed by atoms with van der Waals surface area (Å²) in [5.74, 6) is 1.28. The summed E-state index contributed by atoms with van der Waals surface area (Å²) in [6, 6.07) is 13.7. The van der Waals surface area contributed by atoms with Crippen LogP contribution in [-0.2, 0) is 0 Å². The Kier molecular flexibility index (Phi) is 6.24. The third kappa shape index (κ3) is 5.30. The van der Waals surface area contributed by atoms with Crippen molar-refractivity contribution in [1.82, 2.24) is 5.32 Å². The van der Waals surface area contributed by atoms with Crippen LogP contribution in [0.1, 0.15) is 36.5 Å². The zero-order valence-corrected chi connectivity index (χ0v) is 14.8. The molecule has 0 aliphatic heterocycles. The number of anilines is 1. The molecule has 4 nitrogen and oxygen atoms in total. The van der Waals surface area contributed by atoms with Crippen LogP contribution in [0.25, 0.3) is 0 Å². The number of hydrogen-bond acceptors (Lipinski definition) is 2. The second kappa shape index (κ2) is 8.39. The minimum Gasteiger partial charge on any atom is -0.491 e. The summed E-state index contributed by atoms with van der Waals surface area (Å²) >= 11 is 0. The normalized spacial score (nSPS) is 10.5. The Bertz CT molecular complexity index is 676. The van der Waals surface area contributed by atoms with Crippen molar-refractivity contribution in [1.29, 1.82) is 0 Å². The van der Waals surface area contributed by atoms with E-state index in [4.69, 9.17) is 4.74 Å². The van der Waals surface area contributed by atoms with Gasteiger partial charge in [-0.1, -0.05) is 38.1 Å². The SMILES string of the molecule is Cc1cc(C)cc(NC(=O)NCCOc2ccccc2C(C)C)c1. The number of hydrogen-bond donors (Lipinski definition) is 2. The lowest BCUT2D eigenvalue weighted by atomic mass is 10.0. The van der Waals surface area contributed by atoms with Gasteiger partial charge in [0.15, 0.2) is 0 Å². The van der Waals surface area contributed by atoms with Crippen LogP contribution in [-0.4, -0.2) is 19.2 Å². The zero-order chi connectivity index (χ0) is 17.5. The van der Waals surface area contributed by atoms with Crippen molar-refractivity contribution >= 4 is 11.7 Å². The Labute approximate surface area is 144 Å². The molecule has 2 aromatic rings. The van der Waals surface area contributed by atoms with Gasteiger partial charge >= 0.3 is 6.03 Å². The average molecular weight is 326 g/mol. The fourth-order valence-electron chi connectivity index (χ4n) is 2.64. The Hall–Kier alpha value is -2.49. The number of ether oxygens (including phenoxy) is 1. The van der Waals surface area contributed by atoms with Gasteiger partial charge in [-0.15, -0.1) is 0 Å². The van der Waals surface area contributed by atoms with Gasteiger partial charge in [0, 0.05) is 5.69 Å². The van der Waals surface area contributed by atoms with E-state index in [0.29, 0.717) is 19.1 Å². The van der Waals surface area contributed by atoms with E-state index in [1.807, 2.05) is 44.2 Å². The quantitative estimate of drug-likeness (QED) is 0.761. The van der Waals surface area contributed by atoms with Crippen molar-refractivity contribution in [3.63, 3.8) is 0 Å². The van der Waals surface area contributed by atoms with Crippen LogP contribution in [0.3, 0.4) is 0 Å². The van der Waals surface area contributed by atoms with Crippen molar-refractivity contribution < 1.29 is 9.53 Å². The molecule has 0 saturated carbocycles. The minimum absolute atomic E-state index is 0.222. The minimum atomic E-state index is -0.222. The predicted octanol–water partition coefficient (Wildman–Crippen LogP) is 4.63. The van der Waals surface area contributed by atoms with E-state index in [1.165, 1.54) is 5.56 Å². The van der Waals surface area contributed by atoms with Gasteiger partial charge in [-0.25, -0.2) is 4.79 Å². The Morgan fingerprint density at radius 2 is 1.75 bits per heavy atom. The van der Waals surface area contributed by atoms with Crippen molar-refractivity contribution in [2.45, 2.75) is 33.6 Å². The van der Waals surface area contributed by atoms with Gasteiger partial charge in [0.1, 0.15) is 12.4 Å². The second-order valence-corrected chi connectivity index (χ2v) is 6.30. The van der Waals surface area contributed by atoms with Crippen LogP contribution < -0.4 is 15.4 Å². The van der Waals surface area contributed by atoms with E-state index in [9.17, 15) is 4.79 Å². The van der Waals surface area contributed by atoms with Gasteiger partial charge in [-0.3, -0.25) is 0 Å². The molecular weight excluding hydrogens is 300 g/mol. The van der Waals surface area contributed by atoms with Crippen LogP contribution in [0.4, 0.5) is 10.5 Å². The fourth-order valence-corrected chi connectivity index (χ4v) is 2.64. The van der Waals surface area contributed by atoms with Crippen LogP contribution >= 0.6 is 0 Å². The first kappa shape index (κ1) is 17.9. The molecule has 4 heteroatoms. The maximum atomic E-state index is 11.9. The number of carbonyl (C=O) groups excluding carboxylic acids is 1. The molecule has 128 valence electrons. The molecule has 0 bridgehead atoms. The number of amides is 2. The van der Waals surface area contributed by atoms with Gasteiger partial charge < -0.3 is 15.4 Å². The van der Waals surface area contributed by atoms with Gasteiger partial charge in [0.25, 0.3) is 0 Å². The van der Waals surface area contributed by atoms with Gasteiger partial charge in [-0.05, 0) is 54.7 Å². The molecule has 0 aliphatic rings. The number of carbonyl (C=O) groups is 1. The molecule has 2 aromatic carbocycles. The molecule has 0 spiro atoms. The first-order valence-corrected chi connectivity index (χ1v) is 8.30. The smallest absolute Gasteiger partial charge is 0.319 e. The summed E-state index contributed by atoms with van der Waals surface area (Å²) in [6.07, 6.45) is 0. The molecule has 0 atom stereocenters. The standard InChI is InChI=1S/C20H26N2O2/c1-14(2)18-7-5-6-8-19(18)24-10-9-21-20(23)22-17-12-15(3)11-16(4)13-17/h5-8,11-14H,9-10H2,1-4H3,(H2,21,22,23). The number of nitrogens with one attached hydrogen (secondary N) is 2. The number of para-hydroxylation sites is 1. The third-order valence-electron chi connectivity index (χ3n) is 3.67. The van der Waals surface area contributed by atoms with Gasteiger partial charge in [0.2, 0.25) is 0 Å². The van der Waals surface area contributed by atoms with E-state index in [1.54, 1.807) is 0 Å². The van der Waals surface area contributed by atoms with E-state index in [0.717, 1.165) is 22.6 Å². The van der Waals surface area contributed by atoms with Crippen LogP contribution in [0, 0.1) is 13.8 Å². The molecule has 0 aromatic heterocycles. The lowest BCUT2D eigenvalue weighted by molar-refractivity contribution is 0.247. The van der Waals surface area contributed by atoms with Crippen LogP contribution in [0.15, 0.2) is 42.5 Å². The third-order valence-corrected chi connectivity index (χ3v) is 3.67. The average Bonchev–Trinajstić information content (AvgIpc) is 2.50. The van der Waals surface area contributed by atoms with Crippen molar-refractivity contribution in [2.24, 2.45) is 0 Å². The second-order valence-electron chi connectivity index (χ2n) is 6.30. The monoisotopic (exact) mass is 326 g/mol. The lowest BCUT2D eigenvalue weighted by Crippen LogP contribution is -2.32. The van der Waals surface area contributed by atoms with Crippen LogP contribution in [0.2, 0.25) is 0 Å².